The maximum Gasteiger partial charge on any atom is 0.241 e. The van der Waals surface area contributed by atoms with E-state index in [0.29, 0.717) is 4.90 Å². The molecule has 0 aliphatic heterocycles. The Kier molecular flexibility index (Phi) is 4.78. The van der Waals surface area contributed by atoms with Crippen molar-refractivity contribution in [3.8, 4) is 0 Å². The predicted octanol–water partition coefficient (Wildman–Crippen LogP) is 3.18. The molecule has 1 aromatic rings. The van der Waals surface area contributed by atoms with Crippen LogP contribution in [-0.2, 0) is 10.0 Å². The quantitative estimate of drug-likeness (QED) is 0.847. The summed E-state index contributed by atoms with van der Waals surface area (Å²) < 4.78 is 27.5. The number of benzene rings is 1. The summed E-state index contributed by atoms with van der Waals surface area (Å²) in [5.74, 6) is 0.196. The summed E-state index contributed by atoms with van der Waals surface area (Å²) in [5, 5.41) is 0. The van der Waals surface area contributed by atoms with E-state index in [4.69, 9.17) is 0 Å². The zero-order chi connectivity index (χ0) is 14.6. The fourth-order valence-corrected chi connectivity index (χ4v) is 3.67. The van der Waals surface area contributed by atoms with Crippen molar-refractivity contribution in [2.45, 2.75) is 37.1 Å². The molecule has 0 amide bonds. The molecule has 1 N–H and O–H groups in total. The van der Waals surface area contributed by atoms with E-state index >= 15 is 0 Å². The van der Waals surface area contributed by atoms with Crippen molar-refractivity contribution in [2.24, 2.45) is 5.92 Å². The van der Waals surface area contributed by atoms with E-state index in [0.717, 1.165) is 24.8 Å². The third kappa shape index (κ3) is 3.58. The maximum atomic E-state index is 12.4. The molecular weight excluding hydrogens is 270 g/mol. The fourth-order valence-electron chi connectivity index (χ4n) is 2.41. The highest BCUT2D eigenvalue weighted by atomic mass is 32.2. The topological polar surface area (TPSA) is 46.2 Å². The predicted molar refractivity (Wildman–Crippen MR) is 82.0 cm³/mol. The highest BCUT2D eigenvalue weighted by molar-refractivity contribution is 7.89. The number of hydrogen-bond donors (Lipinski definition) is 1. The van der Waals surface area contributed by atoms with Crippen molar-refractivity contribution in [2.75, 3.05) is 0 Å². The van der Waals surface area contributed by atoms with Crippen LogP contribution in [0.3, 0.4) is 0 Å². The third-order valence-corrected chi connectivity index (χ3v) is 5.10. The summed E-state index contributed by atoms with van der Waals surface area (Å²) in [7, 11) is -3.49. The minimum atomic E-state index is -3.49. The van der Waals surface area contributed by atoms with Crippen molar-refractivity contribution < 1.29 is 8.42 Å². The number of allylic oxidation sites excluding steroid dienone is 1. The zero-order valence-corrected chi connectivity index (χ0v) is 12.6. The molecule has 108 valence electrons. The minimum absolute atomic E-state index is 0.196. The number of nitrogens with one attached hydrogen (secondary N) is 1. The van der Waals surface area contributed by atoms with Crippen molar-refractivity contribution in [3.05, 3.63) is 54.6 Å². The molecule has 4 heteroatoms. The highest BCUT2D eigenvalue weighted by Gasteiger charge is 2.24. The van der Waals surface area contributed by atoms with Gasteiger partial charge < -0.3 is 0 Å². The van der Waals surface area contributed by atoms with E-state index in [2.05, 4.69) is 23.5 Å². The first-order chi connectivity index (χ1) is 9.53. The van der Waals surface area contributed by atoms with Gasteiger partial charge in [-0.1, -0.05) is 35.9 Å². The number of sulfonamides is 1. The molecule has 0 spiro atoms. The fraction of sp³-hybridized carbons (Fsp3) is 0.375. The molecule has 1 aliphatic carbocycles. The van der Waals surface area contributed by atoms with Crippen LogP contribution in [0.5, 0.6) is 0 Å². The summed E-state index contributed by atoms with van der Waals surface area (Å²) in [5.41, 5.74) is 1.04. The van der Waals surface area contributed by atoms with Crippen LogP contribution in [0.25, 0.3) is 0 Å². The molecule has 0 bridgehead atoms. The van der Waals surface area contributed by atoms with E-state index in [1.807, 2.05) is 6.92 Å². The van der Waals surface area contributed by atoms with Gasteiger partial charge in [0.05, 0.1) is 4.90 Å². The van der Waals surface area contributed by atoms with Crippen LogP contribution in [0.1, 0.15) is 24.8 Å². The van der Waals surface area contributed by atoms with Crippen LogP contribution in [0, 0.1) is 12.8 Å². The van der Waals surface area contributed by atoms with E-state index in [1.165, 1.54) is 0 Å². The third-order valence-electron chi connectivity index (χ3n) is 3.63. The summed E-state index contributed by atoms with van der Waals surface area (Å²) in [6.45, 7) is 5.70. The molecular formula is C16H21NO2S. The second-order valence-corrected chi connectivity index (χ2v) is 6.93. The van der Waals surface area contributed by atoms with Gasteiger partial charge in [-0.25, -0.2) is 13.1 Å². The Hall–Kier alpha value is -1.39. The van der Waals surface area contributed by atoms with Crippen LogP contribution in [0.15, 0.2) is 54.0 Å². The van der Waals surface area contributed by atoms with Crippen molar-refractivity contribution >= 4 is 10.0 Å². The van der Waals surface area contributed by atoms with Crippen molar-refractivity contribution in [3.63, 3.8) is 0 Å². The summed E-state index contributed by atoms with van der Waals surface area (Å²) in [6.07, 6.45) is 9.05. The Morgan fingerprint density at radius 3 is 2.60 bits per heavy atom. The van der Waals surface area contributed by atoms with Gasteiger partial charge >= 0.3 is 0 Å². The summed E-state index contributed by atoms with van der Waals surface area (Å²) in [6, 6.07) is 6.62. The van der Waals surface area contributed by atoms with Gasteiger partial charge in [-0.3, -0.25) is 0 Å². The molecule has 1 aliphatic rings. The van der Waals surface area contributed by atoms with Crippen molar-refractivity contribution in [1.82, 2.24) is 4.72 Å². The first-order valence-electron chi connectivity index (χ1n) is 6.91. The van der Waals surface area contributed by atoms with E-state index in [9.17, 15) is 8.42 Å². The number of aryl methyl sites for hydroxylation is 1. The molecule has 20 heavy (non-hydrogen) atoms. The largest absolute Gasteiger partial charge is 0.241 e. The maximum absolute atomic E-state index is 12.4. The average Bonchev–Trinajstić information content (AvgIpc) is 2.46. The second-order valence-electron chi connectivity index (χ2n) is 5.22. The van der Waals surface area contributed by atoms with Crippen LogP contribution < -0.4 is 4.72 Å². The number of rotatable bonds is 5. The van der Waals surface area contributed by atoms with E-state index in [-0.39, 0.29) is 12.0 Å². The van der Waals surface area contributed by atoms with Gasteiger partial charge in [-0.05, 0) is 44.2 Å². The standard InChI is InChI=1S/C16H21NO2S/c1-3-16(14-7-5-4-6-8-14)17-20(18,19)15-11-9-13(2)10-12-15/h3,5,7,9-12,14,16-17H,1,4,6,8H2,2H3. The van der Waals surface area contributed by atoms with Gasteiger partial charge in [0.15, 0.2) is 0 Å². The van der Waals surface area contributed by atoms with Crippen LogP contribution >= 0.6 is 0 Å². The molecule has 2 atom stereocenters. The molecule has 0 saturated heterocycles. The van der Waals surface area contributed by atoms with Crippen LogP contribution in [-0.4, -0.2) is 14.5 Å². The Balaban J connectivity index is 2.17. The van der Waals surface area contributed by atoms with Crippen molar-refractivity contribution in [1.29, 1.82) is 0 Å². The minimum Gasteiger partial charge on any atom is -0.207 e. The molecule has 0 aromatic heterocycles. The van der Waals surface area contributed by atoms with E-state index < -0.39 is 10.0 Å². The van der Waals surface area contributed by atoms with Gasteiger partial charge in [0.2, 0.25) is 10.0 Å². The molecule has 3 nitrogen and oxygen atoms in total. The van der Waals surface area contributed by atoms with E-state index in [1.54, 1.807) is 30.3 Å². The lowest BCUT2D eigenvalue weighted by Gasteiger charge is -2.25. The molecule has 0 heterocycles. The first kappa shape index (κ1) is 15.0. The monoisotopic (exact) mass is 291 g/mol. The highest BCUT2D eigenvalue weighted by Crippen LogP contribution is 2.22. The molecule has 1 aromatic carbocycles. The Morgan fingerprint density at radius 2 is 2.05 bits per heavy atom. The zero-order valence-electron chi connectivity index (χ0n) is 11.7. The van der Waals surface area contributed by atoms with Crippen LogP contribution in [0.4, 0.5) is 0 Å². The average molecular weight is 291 g/mol. The van der Waals surface area contributed by atoms with Gasteiger partial charge in [0.1, 0.15) is 0 Å². The Bertz CT molecular complexity index is 587. The van der Waals surface area contributed by atoms with Gasteiger partial charge in [0, 0.05) is 6.04 Å². The molecule has 0 radical (unpaired) electrons. The summed E-state index contributed by atoms with van der Waals surface area (Å²) >= 11 is 0. The molecule has 2 unspecified atom stereocenters. The smallest absolute Gasteiger partial charge is 0.207 e. The van der Waals surface area contributed by atoms with Gasteiger partial charge in [-0.15, -0.1) is 6.58 Å². The lowest BCUT2D eigenvalue weighted by molar-refractivity contribution is 0.463. The number of hydrogen-bond acceptors (Lipinski definition) is 2. The first-order valence-corrected chi connectivity index (χ1v) is 8.39. The van der Waals surface area contributed by atoms with Gasteiger partial charge in [0.25, 0.3) is 0 Å². The summed E-state index contributed by atoms with van der Waals surface area (Å²) in [4.78, 5) is 0.301. The SMILES string of the molecule is C=CC(NS(=O)(=O)c1ccc(C)cc1)C1C=CCCC1. The Labute approximate surface area is 121 Å². The normalized spacial score (nSPS) is 20.6. The second kappa shape index (κ2) is 6.37. The molecule has 0 saturated carbocycles. The molecule has 0 fully saturated rings. The van der Waals surface area contributed by atoms with Gasteiger partial charge in [-0.2, -0.15) is 0 Å². The molecule has 2 rings (SSSR count). The Morgan fingerprint density at radius 1 is 1.35 bits per heavy atom. The van der Waals surface area contributed by atoms with Crippen LogP contribution in [0.2, 0.25) is 0 Å². The lowest BCUT2D eigenvalue weighted by atomic mass is 9.90. The lowest BCUT2D eigenvalue weighted by Crippen LogP contribution is -2.38.